The fourth-order valence-corrected chi connectivity index (χ4v) is 4.70. The highest BCUT2D eigenvalue weighted by Gasteiger charge is 2.32. The maximum atomic E-state index is 12.9. The van der Waals surface area contributed by atoms with E-state index in [2.05, 4.69) is 34.4 Å². The fourth-order valence-electron chi connectivity index (χ4n) is 3.53. The summed E-state index contributed by atoms with van der Waals surface area (Å²) in [6.07, 6.45) is 0.732. The van der Waals surface area contributed by atoms with Crippen LogP contribution in [-0.4, -0.2) is 89.5 Å². The Kier molecular flexibility index (Phi) is 7.14. The van der Waals surface area contributed by atoms with E-state index in [0.29, 0.717) is 41.7 Å². The van der Waals surface area contributed by atoms with Crippen molar-refractivity contribution in [3.63, 3.8) is 0 Å². The molecular formula is C18H29ClN6O2S. The summed E-state index contributed by atoms with van der Waals surface area (Å²) in [5.41, 5.74) is 0.799. The zero-order valence-corrected chi connectivity index (χ0v) is 18.3. The third kappa shape index (κ3) is 4.94. The second-order valence-electron chi connectivity index (χ2n) is 7.43. The molecule has 2 saturated heterocycles. The number of amides is 3. The molecule has 3 rings (SSSR count). The number of piperazine rings is 2. The molecule has 2 aliphatic rings. The van der Waals surface area contributed by atoms with Gasteiger partial charge in [0.15, 0.2) is 5.13 Å². The number of carbonyl (C=O) groups excluding carboxylic acids is 2. The van der Waals surface area contributed by atoms with Crippen LogP contribution in [-0.2, 0) is 11.2 Å². The monoisotopic (exact) mass is 428 g/mol. The van der Waals surface area contributed by atoms with Gasteiger partial charge in [0.2, 0.25) is 5.91 Å². The molecule has 0 unspecified atom stereocenters. The third-order valence-corrected chi connectivity index (χ3v) is 6.56. The first-order valence-corrected chi connectivity index (χ1v) is 11.1. The first-order valence-electron chi connectivity index (χ1n) is 9.86. The van der Waals surface area contributed by atoms with Gasteiger partial charge in [-0.2, -0.15) is 0 Å². The van der Waals surface area contributed by atoms with Crippen molar-refractivity contribution >= 4 is 40.0 Å². The Morgan fingerprint density at radius 3 is 2.54 bits per heavy atom. The number of hydrogen-bond donors (Lipinski definition) is 2. The molecule has 0 radical (unpaired) electrons. The topological polar surface area (TPSA) is 80.8 Å². The number of urea groups is 1. The molecule has 10 heteroatoms. The van der Waals surface area contributed by atoms with Gasteiger partial charge in [0.25, 0.3) is 0 Å². The molecule has 0 bridgehead atoms. The lowest BCUT2D eigenvalue weighted by molar-refractivity contribution is -0.136. The zero-order valence-electron chi connectivity index (χ0n) is 16.7. The van der Waals surface area contributed by atoms with Crippen molar-refractivity contribution in [1.82, 2.24) is 25.0 Å². The quantitative estimate of drug-likeness (QED) is 0.763. The largest absolute Gasteiger partial charge is 0.338 e. The Morgan fingerprint density at radius 2 is 1.93 bits per heavy atom. The summed E-state index contributed by atoms with van der Waals surface area (Å²) in [5, 5.41) is 6.67. The van der Waals surface area contributed by atoms with E-state index < -0.39 is 0 Å². The molecule has 1 atom stereocenters. The summed E-state index contributed by atoms with van der Waals surface area (Å²) in [7, 11) is 0. The van der Waals surface area contributed by atoms with Crippen molar-refractivity contribution in [1.29, 1.82) is 0 Å². The van der Waals surface area contributed by atoms with E-state index in [4.69, 9.17) is 11.6 Å². The van der Waals surface area contributed by atoms with Crippen molar-refractivity contribution < 1.29 is 9.59 Å². The summed E-state index contributed by atoms with van der Waals surface area (Å²) in [5.74, 6) is 0.129. The van der Waals surface area contributed by atoms with Crippen molar-refractivity contribution in [2.24, 2.45) is 0 Å². The number of rotatable bonds is 4. The molecule has 1 aromatic rings. The molecule has 0 aliphatic carbocycles. The average molecular weight is 429 g/mol. The number of anilines is 1. The molecule has 28 heavy (non-hydrogen) atoms. The van der Waals surface area contributed by atoms with Crippen LogP contribution in [0.5, 0.6) is 0 Å². The van der Waals surface area contributed by atoms with Crippen LogP contribution in [0.15, 0.2) is 0 Å². The molecule has 0 saturated carbocycles. The van der Waals surface area contributed by atoms with Gasteiger partial charge in [0.05, 0.1) is 11.7 Å². The Balaban J connectivity index is 1.49. The van der Waals surface area contributed by atoms with Crippen molar-refractivity contribution in [3.8, 4) is 0 Å². The van der Waals surface area contributed by atoms with Crippen LogP contribution in [0, 0.1) is 0 Å². The number of nitrogens with zero attached hydrogens (tertiary/aromatic N) is 4. The molecule has 3 heterocycles. The lowest BCUT2D eigenvalue weighted by Crippen LogP contribution is -2.61. The van der Waals surface area contributed by atoms with E-state index >= 15 is 0 Å². The van der Waals surface area contributed by atoms with Crippen molar-refractivity contribution in [3.05, 3.63) is 10.0 Å². The van der Waals surface area contributed by atoms with Gasteiger partial charge in [-0.25, -0.2) is 9.78 Å². The number of carbonyl (C=O) groups is 2. The van der Waals surface area contributed by atoms with E-state index in [1.165, 1.54) is 11.3 Å². The highest BCUT2D eigenvalue weighted by atomic mass is 35.5. The van der Waals surface area contributed by atoms with Gasteiger partial charge in [-0.05, 0) is 20.3 Å². The highest BCUT2D eigenvalue weighted by Crippen LogP contribution is 2.28. The lowest BCUT2D eigenvalue weighted by atomic mass is 10.1. The predicted molar refractivity (Wildman–Crippen MR) is 112 cm³/mol. The first-order chi connectivity index (χ1) is 13.4. The van der Waals surface area contributed by atoms with Crippen LogP contribution in [0.3, 0.4) is 0 Å². The standard InChI is InChI=1S/C18H29ClN6O2S/c1-4-13-15(19)28-17(21-13)22-18(27)24-9-7-23(8-10-24)16(26)14-11-25(12(2)3)6-5-20-14/h12,14,20H,4-11H2,1-3H3,(H,21,22,27)/t14-/m1/s1. The molecule has 3 amide bonds. The van der Waals surface area contributed by atoms with Crippen LogP contribution < -0.4 is 10.6 Å². The number of nitrogens with one attached hydrogen (secondary N) is 2. The highest BCUT2D eigenvalue weighted by molar-refractivity contribution is 7.19. The Bertz CT molecular complexity index is 704. The van der Waals surface area contributed by atoms with Crippen molar-refractivity contribution in [2.75, 3.05) is 51.1 Å². The molecule has 156 valence electrons. The Labute approximate surface area is 175 Å². The number of halogens is 1. The van der Waals surface area contributed by atoms with Crippen molar-refractivity contribution in [2.45, 2.75) is 39.3 Å². The van der Waals surface area contributed by atoms with Gasteiger partial charge in [0, 0.05) is 51.9 Å². The first kappa shape index (κ1) is 21.3. The van der Waals surface area contributed by atoms with Gasteiger partial charge in [-0.1, -0.05) is 29.9 Å². The third-order valence-electron chi connectivity index (χ3n) is 5.31. The van der Waals surface area contributed by atoms with Crippen LogP contribution in [0.25, 0.3) is 0 Å². The summed E-state index contributed by atoms with van der Waals surface area (Å²) >= 11 is 7.39. The van der Waals surface area contributed by atoms with Gasteiger partial charge in [0.1, 0.15) is 4.34 Å². The zero-order chi connectivity index (χ0) is 20.3. The molecular weight excluding hydrogens is 400 g/mol. The van der Waals surface area contributed by atoms with Gasteiger partial charge >= 0.3 is 6.03 Å². The molecule has 0 spiro atoms. The minimum absolute atomic E-state index is 0.129. The van der Waals surface area contributed by atoms with E-state index in [1.807, 2.05) is 11.8 Å². The Hall–Kier alpha value is -1.42. The van der Waals surface area contributed by atoms with Gasteiger partial charge in [-0.3, -0.25) is 15.0 Å². The second-order valence-corrected chi connectivity index (χ2v) is 9.03. The molecule has 1 aromatic heterocycles. The minimum Gasteiger partial charge on any atom is -0.338 e. The summed E-state index contributed by atoms with van der Waals surface area (Å²) in [6.45, 7) is 10.9. The normalized spacial score (nSPS) is 21.2. The summed E-state index contributed by atoms with van der Waals surface area (Å²) < 4.78 is 0.614. The summed E-state index contributed by atoms with van der Waals surface area (Å²) in [6, 6.07) is 0.0777. The van der Waals surface area contributed by atoms with Crippen LogP contribution in [0.4, 0.5) is 9.93 Å². The van der Waals surface area contributed by atoms with Gasteiger partial charge in [-0.15, -0.1) is 0 Å². The number of hydrogen-bond acceptors (Lipinski definition) is 6. The Morgan fingerprint density at radius 1 is 1.25 bits per heavy atom. The second kappa shape index (κ2) is 9.39. The number of thiazole rings is 1. The molecule has 0 aromatic carbocycles. The van der Waals surface area contributed by atoms with E-state index in [9.17, 15) is 9.59 Å². The molecule has 8 nitrogen and oxygen atoms in total. The van der Waals surface area contributed by atoms with Gasteiger partial charge < -0.3 is 15.1 Å². The minimum atomic E-state index is -0.193. The maximum absolute atomic E-state index is 12.9. The van der Waals surface area contributed by atoms with E-state index in [0.717, 1.165) is 31.7 Å². The predicted octanol–water partition coefficient (Wildman–Crippen LogP) is 1.72. The number of aryl methyl sites for hydroxylation is 1. The lowest BCUT2D eigenvalue weighted by Gasteiger charge is -2.40. The SMILES string of the molecule is CCc1nc(NC(=O)N2CCN(C(=O)[C@H]3CN(C(C)C)CCN3)CC2)sc1Cl. The maximum Gasteiger partial charge on any atom is 0.323 e. The molecule has 2 fully saturated rings. The van der Waals surface area contributed by atoms with E-state index in [-0.39, 0.29) is 18.0 Å². The summed E-state index contributed by atoms with van der Waals surface area (Å²) in [4.78, 5) is 35.6. The van der Waals surface area contributed by atoms with Crippen LogP contribution in [0.2, 0.25) is 4.34 Å². The van der Waals surface area contributed by atoms with Crippen LogP contribution >= 0.6 is 22.9 Å². The van der Waals surface area contributed by atoms with Crippen LogP contribution in [0.1, 0.15) is 26.5 Å². The molecule has 2 aliphatic heterocycles. The van der Waals surface area contributed by atoms with E-state index in [1.54, 1.807) is 4.90 Å². The fraction of sp³-hybridized carbons (Fsp3) is 0.722. The molecule has 2 N–H and O–H groups in total. The number of aromatic nitrogens is 1. The smallest absolute Gasteiger partial charge is 0.323 e. The average Bonchev–Trinajstić information content (AvgIpc) is 3.06.